The number of amides is 2. The monoisotopic (exact) mass is 544 g/mol. The van der Waals surface area contributed by atoms with Crippen LogP contribution in [0, 0.1) is 0 Å². The molecule has 1 aromatic rings. The number of unbranched alkanes of at least 4 members (excludes halogenated alkanes) is 1. The van der Waals surface area contributed by atoms with Crippen LogP contribution in [-0.2, 0) is 24.7 Å². The summed E-state index contributed by atoms with van der Waals surface area (Å²) in [7, 11) is 0. The molecule has 214 valence electrons. The molecule has 0 radical (unpaired) electrons. The molecular formula is C34H44N2O4. The summed E-state index contributed by atoms with van der Waals surface area (Å²) in [6.07, 6.45) is 29.8. The highest BCUT2D eigenvalue weighted by molar-refractivity contribution is 6.07. The van der Waals surface area contributed by atoms with E-state index in [4.69, 9.17) is 4.74 Å². The Morgan fingerprint density at radius 1 is 0.800 bits per heavy atom. The van der Waals surface area contributed by atoms with E-state index in [-0.39, 0.29) is 24.0 Å². The standard InChI is InChI=1S/C34H44N2O4/c1-3-4-5-6-7-8-9-10-11-12-13-14-15-16-17-18-22-25-32(38)35-26-27-36-33(39)30-28-31(37)34(2,40-30)29-23-20-19-21-24-29/h4-5,7-8,10-11,13-14,16-17,19-21,23-24,28H,3,6,9,12,15,18,22,25-27H2,1-2H3,(H,35,38)(H,36,39). The molecule has 2 rings (SSSR count). The fourth-order valence-corrected chi connectivity index (χ4v) is 3.93. The van der Waals surface area contributed by atoms with E-state index in [0.717, 1.165) is 44.9 Å². The molecule has 0 fully saturated rings. The van der Waals surface area contributed by atoms with E-state index in [1.807, 2.05) is 18.2 Å². The number of benzene rings is 1. The van der Waals surface area contributed by atoms with E-state index in [0.29, 0.717) is 18.5 Å². The molecule has 6 heteroatoms. The lowest BCUT2D eigenvalue weighted by molar-refractivity contribution is -0.132. The van der Waals surface area contributed by atoms with Crippen LogP contribution in [0.5, 0.6) is 0 Å². The topological polar surface area (TPSA) is 84.5 Å². The number of ketones is 1. The zero-order valence-corrected chi connectivity index (χ0v) is 23.9. The molecule has 0 aliphatic carbocycles. The van der Waals surface area contributed by atoms with Crippen molar-refractivity contribution >= 4 is 17.6 Å². The molecule has 0 saturated heterocycles. The van der Waals surface area contributed by atoms with Gasteiger partial charge in [-0.05, 0) is 51.9 Å². The molecule has 2 amide bonds. The third-order valence-corrected chi connectivity index (χ3v) is 6.26. The Kier molecular flexibility index (Phi) is 15.5. The van der Waals surface area contributed by atoms with Gasteiger partial charge in [0.15, 0.2) is 11.4 Å². The number of hydrogen-bond donors (Lipinski definition) is 2. The van der Waals surface area contributed by atoms with Crippen molar-refractivity contribution in [2.24, 2.45) is 0 Å². The minimum Gasteiger partial charge on any atom is -0.469 e. The zero-order valence-electron chi connectivity index (χ0n) is 23.9. The Morgan fingerprint density at radius 2 is 1.35 bits per heavy atom. The van der Waals surface area contributed by atoms with Crippen molar-refractivity contribution in [2.45, 2.75) is 70.8 Å². The molecule has 1 atom stereocenters. The molecule has 6 nitrogen and oxygen atoms in total. The van der Waals surface area contributed by atoms with Gasteiger partial charge in [0.2, 0.25) is 11.7 Å². The van der Waals surface area contributed by atoms with Gasteiger partial charge in [0.25, 0.3) is 5.91 Å². The molecule has 1 heterocycles. The van der Waals surface area contributed by atoms with Crippen LogP contribution in [0.1, 0.15) is 70.8 Å². The number of ether oxygens (including phenoxy) is 1. The van der Waals surface area contributed by atoms with Gasteiger partial charge in [-0.2, -0.15) is 0 Å². The Bertz CT molecular complexity index is 1110. The summed E-state index contributed by atoms with van der Waals surface area (Å²) in [6, 6.07) is 9.09. The average Bonchev–Trinajstić information content (AvgIpc) is 3.28. The highest BCUT2D eigenvalue weighted by Gasteiger charge is 2.43. The van der Waals surface area contributed by atoms with Gasteiger partial charge in [-0.15, -0.1) is 0 Å². The predicted octanol–water partition coefficient (Wildman–Crippen LogP) is 6.54. The minimum absolute atomic E-state index is 0.0141. The van der Waals surface area contributed by atoms with Crippen LogP contribution in [0.15, 0.2) is 103 Å². The summed E-state index contributed by atoms with van der Waals surface area (Å²) < 4.78 is 5.73. The minimum atomic E-state index is -1.20. The number of carbonyl (C=O) groups excluding carboxylic acids is 3. The van der Waals surface area contributed by atoms with Crippen LogP contribution in [-0.4, -0.2) is 30.7 Å². The lowest BCUT2D eigenvalue weighted by Gasteiger charge is -2.24. The summed E-state index contributed by atoms with van der Waals surface area (Å²) >= 11 is 0. The quantitative estimate of drug-likeness (QED) is 0.162. The van der Waals surface area contributed by atoms with Gasteiger partial charge in [0.1, 0.15) is 0 Å². The van der Waals surface area contributed by atoms with Crippen molar-refractivity contribution in [1.82, 2.24) is 10.6 Å². The second-order valence-electron chi connectivity index (χ2n) is 9.58. The third-order valence-electron chi connectivity index (χ3n) is 6.26. The lowest BCUT2D eigenvalue weighted by atomic mass is 9.92. The molecule has 1 aliphatic rings. The fourth-order valence-electron chi connectivity index (χ4n) is 3.93. The molecule has 0 aromatic heterocycles. The normalized spacial score (nSPS) is 17.4. The lowest BCUT2D eigenvalue weighted by Crippen LogP contribution is -2.36. The Hall–Kier alpha value is -3.93. The first-order chi connectivity index (χ1) is 19.5. The molecule has 0 spiro atoms. The molecular weight excluding hydrogens is 500 g/mol. The first-order valence-electron chi connectivity index (χ1n) is 14.3. The zero-order chi connectivity index (χ0) is 28.9. The van der Waals surface area contributed by atoms with Crippen LogP contribution in [0.2, 0.25) is 0 Å². The van der Waals surface area contributed by atoms with Gasteiger partial charge in [-0.25, -0.2) is 0 Å². The summed E-state index contributed by atoms with van der Waals surface area (Å²) in [5.41, 5.74) is -0.510. The second kappa shape index (κ2) is 19.2. The molecule has 0 bridgehead atoms. The van der Waals surface area contributed by atoms with Crippen molar-refractivity contribution < 1.29 is 19.1 Å². The summed E-state index contributed by atoms with van der Waals surface area (Å²) in [4.78, 5) is 36.9. The van der Waals surface area contributed by atoms with E-state index >= 15 is 0 Å². The van der Waals surface area contributed by atoms with Crippen molar-refractivity contribution in [3.63, 3.8) is 0 Å². The highest BCUT2D eigenvalue weighted by atomic mass is 16.5. The smallest absolute Gasteiger partial charge is 0.286 e. The van der Waals surface area contributed by atoms with Gasteiger partial charge < -0.3 is 15.4 Å². The van der Waals surface area contributed by atoms with Crippen LogP contribution < -0.4 is 10.6 Å². The first-order valence-corrected chi connectivity index (χ1v) is 14.3. The summed E-state index contributed by atoms with van der Waals surface area (Å²) in [5.74, 6) is -0.810. The largest absolute Gasteiger partial charge is 0.469 e. The van der Waals surface area contributed by atoms with Crippen LogP contribution in [0.25, 0.3) is 0 Å². The number of hydrogen-bond acceptors (Lipinski definition) is 4. The van der Waals surface area contributed by atoms with Gasteiger partial charge in [0, 0.05) is 31.1 Å². The van der Waals surface area contributed by atoms with E-state index in [2.05, 4.69) is 78.3 Å². The Morgan fingerprint density at radius 3 is 1.95 bits per heavy atom. The maximum absolute atomic E-state index is 12.5. The van der Waals surface area contributed by atoms with Gasteiger partial charge >= 0.3 is 0 Å². The highest BCUT2D eigenvalue weighted by Crippen LogP contribution is 2.34. The van der Waals surface area contributed by atoms with Crippen molar-refractivity contribution in [3.05, 3.63) is 108 Å². The second-order valence-corrected chi connectivity index (χ2v) is 9.58. The maximum atomic E-state index is 12.5. The number of allylic oxidation sites excluding steroid dienone is 10. The molecule has 1 aromatic carbocycles. The Balaban J connectivity index is 1.48. The van der Waals surface area contributed by atoms with Crippen LogP contribution in [0.4, 0.5) is 0 Å². The third kappa shape index (κ3) is 12.3. The van der Waals surface area contributed by atoms with Gasteiger partial charge in [0.05, 0.1) is 0 Å². The van der Waals surface area contributed by atoms with Crippen LogP contribution in [0.3, 0.4) is 0 Å². The van der Waals surface area contributed by atoms with Crippen LogP contribution >= 0.6 is 0 Å². The summed E-state index contributed by atoms with van der Waals surface area (Å²) in [6.45, 7) is 4.35. The molecule has 1 unspecified atom stereocenters. The number of rotatable bonds is 18. The molecule has 2 N–H and O–H groups in total. The SMILES string of the molecule is CCC=CCC=CCC=CCC=CCC=CCCCC(=O)NCCNC(=O)C1=CC(=O)C(C)(c2ccccc2)O1. The van der Waals surface area contributed by atoms with E-state index in [9.17, 15) is 14.4 Å². The number of carbonyl (C=O) groups is 3. The number of nitrogens with one attached hydrogen (secondary N) is 2. The van der Waals surface area contributed by atoms with Crippen molar-refractivity contribution in [2.75, 3.05) is 13.1 Å². The molecule has 40 heavy (non-hydrogen) atoms. The van der Waals surface area contributed by atoms with E-state index < -0.39 is 11.5 Å². The van der Waals surface area contributed by atoms with Crippen molar-refractivity contribution in [1.29, 1.82) is 0 Å². The van der Waals surface area contributed by atoms with E-state index in [1.54, 1.807) is 19.1 Å². The average molecular weight is 545 g/mol. The maximum Gasteiger partial charge on any atom is 0.286 e. The van der Waals surface area contributed by atoms with Crippen molar-refractivity contribution in [3.8, 4) is 0 Å². The summed E-state index contributed by atoms with van der Waals surface area (Å²) in [5, 5.41) is 5.49. The van der Waals surface area contributed by atoms with Gasteiger partial charge in [-0.3, -0.25) is 14.4 Å². The Labute approximate surface area is 239 Å². The molecule has 1 aliphatic heterocycles. The first kappa shape index (κ1) is 32.3. The van der Waals surface area contributed by atoms with Gasteiger partial charge in [-0.1, -0.05) is 98.0 Å². The fraction of sp³-hybridized carbons (Fsp3) is 0.382. The molecule has 0 saturated carbocycles. The predicted molar refractivity (Wildman–Crippen MR) is 162 cm³/mol. The van der Waals surface area contributed by atoms with E-state index in [1.165, 1.54) is 6.08 Å².